The minimum atomic E-state index is -0.377. The fraction of sp³-hybridized carbons (Fsp3) is 0.429. The van der Waals surface area contributed by atoms with Gasteiger partial charge in [-0.15, -0.1) is 0 Å². The first-order chi connectivity index (χ1) is 9.67. The maximum Gasteiger partial charge on any atom is 0.243 e. The molecule has 2 rings (SSSR count). The van der Waals surface area contributed by atoms with Gasteiger partial charge >= 0.3 is 0 Å². The molecule has 1 fully saturated rings. The van der Waals surface area contributed by atoms with Crippen LogP contribution in [0.4, 0.5) is 10.1 Å². The second kappa shape index (κ2) is 6.88. The molecule has 20 heavy (non-hydrogen) atoms. The molecule has 0 heterocycles. The maximum atomic E-state index is 13.0. The number of anilines is 1. The van der Waals surface area contributed by atoms with Gasteiger partial charge in [-0.2, -0.15) is 0 Å². The van der Waals surface area contributed by atoms with Crippen molar-refractivity contribution in [1.29, 1.82) is 0 Å². The summed E-state index contributed by atoms with van der Waals surface area (Å²) in [6.07, 6.45) is 2.51. The Morgan fingerprint density at radius 1 is 1.40 bits per heavy atom. The molecular formula is C14H19FN4O. The molecule has 1 aliphatic rings. The molecule has 1 amide bonds. The molecule has 1 aromatic rings. The third-order valence-electron chi connectivity index (χ3n) is 3.00. The van der Waals surface area contributed by atoms with Crippen LogP contribution in [0.3, 0.4) is 0 Å². The van der Waals surface area contributed by atoms with Crippen molar-refractivity contribution in [3.05, 3.63) is 30.1 Å². The van der Waals surface area contributed by atoms with Crippen LogP contribution in [-0.4, -0.2) is 32.0 Å². The molecule has 3 N–H and O–H groups in total. The Balaban J connectivity index is 1.73. The Morgan fingerprint density at radius 3 is 2.85 bits per heavy atom. The molecule has 5 nitrogen and oxygen atoms in total. The van der Waals surface area contributed by atoms with Crippen LogP contribution in [-0.2, 0) is 4.79 Å². The number of hydrogen-bond donors (Lipinski definition) is 3. The number of carbonyl (C=O) groups is 1. The number of amides is 1. The topological polar surface area (TPSA) is 65.5 Å². The summed E-state index contributed by atoms with van der Waals surface area (Å²) in [7, 11) is 1.66. The first-order valence-electron chi connectivity index (χ1n) is 6.67. The van der Waals surface area contributed by atoms with Crippen molar-refractivity contribution in [3.63, 3.8) is 0 Å². The van der Waals surface area contributed by atoms with Crippen molar-refractivity contribution in [2.45, 2.75) is 12.8 Å². The SMILES string of the molecule is CN=C(NCC(=O)Nc1cccc(F)c1)NCC1CC1. The smallest absolute Gasteiger partial charge is 0.243 e. The van der Waals surface area contributed by atoms with Crippen LogP contribution in [0.15, 0.2) is 29.3 Å². The number of rotatable bonds is 5. The molecule has 6 heteroatoms. The van der Waals surface area contributed by atoms with Gasteiger partial charge in [0.05, 0.1) is 6.54 Å². The van der Waals surface area contributed by atoms with Crippen LogP contribution in [0.2, 0.25) is 0 Å². The third-order valence-corrected chi connectivity index (χ3v) is 3.00. The van der Waals surface area contributed by atoms with Gasteiger partial charge in [0.1, 0.15) is 5.82 Å². The lowest BCUT2D eigenvalue weighted by atomic mass is 10.3. The van der Waals surface area contributed by atoms with Crippen LogP contribution >= 0.6 is 0 Å². The van der Waals surface area contributed by atoms with Crippen molar-refractivity contribution in [2.75, 3.05) is 25.5 Å². The summed E-state index contributed by atoms with van der Waals surface area (Å²) in [5, 5.41) is 8.69. The molecule has 0 aromatic heterocycles. The number of carbonyl (C=O) groups excluding carboxylic acids is 1. The van der Waals surface area contributed by atoms with E-state index in [1.54, 1.807) is 19.2 Å². The van der Waals surface area contributed by atoms with E-state index in [1.165, 1.54) is 25.0 Å². The number of benzene rings is 1. The van der Waals surface area contributed by atoms with Crippen molar-refractivity contribution in [1.82, 2.24) is 10.6 Å². The molecule has 0 spiro atoms. The standard InChI is InChI=1S/C14H19FN4O/c1-16-14(17-8-10-5-6-10)18-9-13(20)19-12-4-2-3-11(15)7-12/h2-4,7,10H,5-6,8-9H2,1H3,(H,19,20)(H2,16,17,18). The van der Waals surface area contributed by atoms with E-state index >= 15 is 0 Å². The highest BCUT2D eigenvalue weighted by atomic mass is 19.1. The van der Waals surface area contributed by atoms with Crippen LogP contribution < -0.4 is 16.0 Å². The molecule has 108 valence electrons. The second-order valence-electron chi connectivity index (χ2n) is 4.81. The van der Waals surface area contributed by atoms with Gasteiger partial charge in [-0.1, -0.05) is 6.07 Å². The summed E-state index contributed by atoms with van der Waals surface area (Å²) < 4.78 is 13.0. The molecule has 0 radical (unpaired) electrons. The minimum Gasteiger partial charge on any atom is -0.356 e. The van der Waals surface area contributed by atoms with E-state index in [4.69, 9.17) is 0 Å². The first-order valence-corrected chi connectivity index (χ1v) is 6.67. The lowest BCUT2D eigenvalue weighted by molar-refractivity contribution is -0.115. The summed E-state index contributed by atoms with van der Waals surface area (Å²) in [4.78, 5) is 15.8. The van der Waals surface area contributed by atoms with Gasteiger partial charge in [-0.05, 0) is 37.0 Å². The largest absolute Gasteiger partial charge is 0.356 e. The Labute approximate surface area is 117 Å². The van der Waals surface area contributed by atoms with E-state index in [-0.39, 0.29) is 18.3 Å². The molecule has 0 saturated heterocycles. The summed E-state index contributed by atoms with van der Waals surface area (Å²) in [5.74, 6) is 0.712. The van der Waals surface area contributed by atoms with Crippen LogP contribution in [0.5, 0.6) is 0 Å². The van der Waals surface area contributed by atoms with Crippen LogP contribution in [0.25, 0.3) is 0 Å². The summed E-state index contributed by atoms with van der Waals surface area (Å²) in [6.45, 7) is 0.964. The lowest BCUT2D eigenvalue weighted by Crippen LogP contribution is -2.42. The van der Waals surface area contributed by atoms with Crippen molar-refractivity contribution >= 4 is 17.6 Å². The number of nitrogens with one attached hydrogen (secondary N) is 3. The number of halogens is 1. The van der Waals surface area contributed by atoms with E-state index in [0.29, 0.717) is 11.6 Å². The van der Waals surface area contributed by atoms with Crippen LogP contribution in [0, 0.1) is 11.7 Å². The maximum absolute atomic E-state index is 13.0. The van der Waals surface area contributed by atoms with E-state index in [9.17, 15) is 9.18 Å². The number of aliphatic imine (C=N–C) groups is 1. The fourth-order valence-corrected chi connectivity index (χ4v) is 1.72. The van der Waals surface area contributed by atoms with Gasteiger partial charge in [-0.25, -0.2) is 4.39 Å². The molecule has 0 bridgehead atoms. The molecule has 1 saturated carbocycles. The minimum absolute atomic E-state index is 0.0842. The average Bonchev–Trinajstić information content (AvgIpc) is 3.23. The van der Waals surface area contributed by atoms with Gasteiger partial charge in [-0.3, -0.25) is 9.79 Å². The highest BCUT2D eigenvalue weighted by Crippen LogP contribution is 2.27. The van der Waals surface area contributed by atoms with Crippen LogP contribution in [0.1, 0.15) is 12.8 Å². The fourth-order valence-electron chi connectivity index (χ4n) is 1.72. The Bertz CT molecular complexity index is 500. The zero-order valence-electron chi connectivity index (χ0n) is 11.4. The number of nitrogens with zero attached hydrogens (tertiary/aromatic N) is 1. The monoisotopic (exact) mass is 278 g/mol. The van der Waals surface area contributed by atoms with E-state index in [0.717, 1.165) is 12.5 Å². The average molecular weight is 278 g/mol. The normalized spacial score (nSPS) is 14.8. The highest BCUT2D eigenvalue weighted by molar-refractivity contribution is 5.94. The predicted octanol–water partition coefficient (Wildman–Crippen LogP) is 1.34. The lowest BCUT2D eigenvalue weighted by Gasteiger charge is -2.11. The van der Waals surface area contributed by atoms with E-state index in [2.05, 4.69) is 20.9 Å². The molecule has 1 aliphatic carbocycles. The zero-order valence-corrected chi connectivity index (χ0v) is 11.4. The molecule has 1 aromatic carbocycles. The molecule has 0 unspecified atom stereocenters. The summed E-state index contributed by atoms with van der Waals surface area (Å²) in [6, 6.07) is 5.80. The highest BCUT2D eigenvalue weighted by Gasteiger charge is 2.21. The molecule has 0 atom stereocenters. The number of hydrogen-bond acceptors (Lipinski definition) is 2. The predicted molar refractivity (Wildman–Crippen MR) is 77.1 cm³/mol. The number of guanidine groups is 1. The Kier molecular flexibility index (Phi) is 4.92. The molecule has 0 aliphatic heterocycles. The van der Waals surface area contributed by atoms with Gasteiger partial charge in [0.2, 0.25) is 5.91 Å². The van der Waals surface area contributed by atoms with Crippen molar-refractivity contribution in [3.8, 4) is 0 Å². The third kappa shape index (κ3) is 4.87. The van der Waals surface area contributed by atoms with Gasteiger partial charge in [0, 0.05) is 19.3 Å². The van der Waals surface area contributed by atoms with Gasteiger partial charge in [0.15, 0.2) is 5.96 Å². The van der Waals surface area contributed by atoms with Gasteiger partial charge < -0.3 is 16.0 Å². The summed E-state index contributed by atoms with van der Waals surface area (Å²) in [5.41, 5.74) is 0.442. The second-order valence-corrected chi connectivity index (χ2v) is 4.81. The van der Waals surface area contributed by atoms with Crippen molar-refractivity contribution < 1.29 is 9.18 Å². The Hall–Kier alpha value is -2.11. The van der Waals surface area contributed by atoms with E-state index < -0.39 is 0 Å². The van der Waals surface area contributed by atoms with E-state index in [1.807, 2.05) is 0 Å². The summed E-state index contributed by atoms with van der Waals surface area (Å²) >= 11 is 0. The first kappa shape index (κ1) is 14.3. The molecular weight excluding hydrogens is 259 g/mol. The van der Waals surface area contributed by atoms with Crippen molar-refractivity contribution in [2.24, 2.45) is 10.9 Å². The quantitative estimate of drug-likeness (QED) is 0.562. The zero-order chi connectivity index (χ0) is 14.4. The Morgan fingerprint density at radius 2 is 2.20 bits per heavy atom. The van der Waals surface area contributed by atoms with Gasteiger partial charge in [0.25, 0.3) is 0 Å².